The topological polar surface area (TPSA) is 95.8 Å². The molecule has 9 heteroatoms. The Morgan fingerprint density at radius 2 is 1.72 bits per heavy atom. The van der Waals surface area contributed by atoms with Crippen molar-refractivity contribution >= 4 is 40.5 Å². The minimum atomic E-state index is -0.504. The summed E-state index contributed by atoms with van der Waals surface area (Å²) in [5.41, 5.74) is 1.45. The molecule has 0 unspecified atom stereocenters. The molecule has 1 aliphatic heterocycles. The number of rotatable bonds is 6. The first-order valence-electron chi connectivity index (χ1n) is 9.25. The number of nitrogens with zero attached hydrogens (tertiary/aromatic N) is 3. The van der Waals surface area contributed by atoms with Crippen molar-refractivity contribution < 1.29 is 14.5 Å². The van der Waals surface area contributed by atoms with Crippen LogP contribution in [-0.4, -0.2) is 47.8 Å². The Labute approximate surface area is 173 Å². The first-order valence-corrected chi connectivity index (χ1v) is 9.63. The van der Waals surface area contributed by atoms with Gasteiger partial charge in [0.05, 0.1) is 4.92 Å². The van der Waals surface area contributed by atoms with Gasteiger partial charge in [0.15, 0.2) is 0 Å². The van der Waals surface area contributed by atoms with Gasteiger partial charge in [-0.05, 0) is 30.3 Å². The van der Waals surface area contributed by atoms with Gasteiger partial charge in [-0.1, -0.05) is 17.7 Å². The summed E-state index contributed by atoms with van der Waals surface area (Å²) in [6.45, 7) is 2.60. The molecule has 152 valence electrons. The van der Waals surface area contributed by atoms with Crippen molar-refractivity contribution in [3.05, 3.63) is 63.7 Å². The number of non-ortho nitro benzene ring substituents is 1. The van der Waals surface area contributed by atoms with Crippen LogP contribution in [0.5, 0.6) is 0 Å². The first-order chi connectivity index (χ1) is 13.9. The molecule has 0 bridgehead atoms. The summed E-state index contributed by atoms with van der Waals surface area (Å²) >= 11 is 6.03. The van der Waals surface area contributed by atoms with Crippen LogP contribution in [-0.2, 0) is 9.59 Å². The molecule has 1 heterocycles. The van der Waals surface area contributed by atoms with Crippen molar-refractivity contribution in [1.82, 2.24) is 4.90 Å². The predicted molar refractivity (Wildman–Crippen MR) is 111 cm³/mol. The molecule has 0 aliphatic carbocycles. The zero-order valence-electron chi connectivity index (χ0n) is 15.7. The molecule has 1 aliphatic rings. The highest BCUT2D eigenvalue weighted by molar-refractivity contribution is 6.30. The van der Waals surface area contributed by atoms with E-state index < -0.39 is 4.92 Å². The molecular formula is C20H21ClN4O4. The number of hydrogen-bond acceptors (Lipinski definition) is 5. The molecule has 0 aromatic heterocycles. The van der Waals surface area contributed by atoms with Gasteiger partial charge in [-0.2, -0.15) is 0 Å². The molecule has 2 amide bonds. The second kappa shape index (κ2) is 9.38. The smallest absolute Gasteiger partial charge is 0.269 e. The second-order valence-corrected chi connectivity index (χ2v) is 7.14. The molecule has 2 aromatic carbocycles. The average molecular weight is 417 g/mol. The summed E-state index contributed by atoms with van der Waals surface area (Å²) in [5.74, 6) is -0.362. The lowest BCUT2D eigenvalue weighted by molar-refractivity contribution is -0.384. The molecular weight excluding hydrogens is 396 g/mol. The van der Waals surface area contributed by atoms with E-state index in [1.165, 1.54) is 24.3 Å². The Morgan fingerprint density at radius 3 is 2.34 bits per heavy atom. The highest BCUT2D eigenvalue weighted by Gasteiger charge is 2.22. The Balaban J connectivity index is 1.42. The van der Waals surface area contributed by atoms with Gasteiger partial charge >= 0.3 is 0 Å². The summed E-state index contributed by atoms with van der Waals surface area (Å²) in [6, 6.07) is 13.2. The van der Waals surface area contributed by atoms with Crippen LogP contribution < -0.4 is 10.2 Å². The number of hydrogen-bond donors (Lipinski definition) is 1. The first kappa shape index (κ1) is 20.6. The standard InChI is InChI=1S/C20H21ClN4O4/c21-15-2-1-3-18(14-15)23-10-12-24(13-11-23)20(27)9-8-19(26)22-16-4-6-17(7-5-16)25(28)29/h1-7,14H,8-13H2,(H,22,26). The van der Waals surface area contributed by atoms with Crippen molar-refractivity contribution in [3.8, 4) is 0 Å². The fraction of sp³-hybridized carbons (Fsp3) is 0.300. The fourth-order valence-electron chi connectivity index (χ4n) is 3.16. The summed E-state index contributed by atoms with van der Waals surface area (Å²) < 4.78 is 0. The van der Waals surface area contributed by atoms with Crippen LogP contribution in [0, 0.1) is 10.1 Å². The number of halogens is 1. The maximum absolute atomic E-state index is 12.4. The van der Waals surface area contributed by atoms with Crippen LogP contribution in [0.2, 0.25) is 5.02 Å². The minimum absolute atomic E-state index is 0.0462. The number of nitrogens with one attached hydrogen (secondary N) is 1. The molecule has 1 N–H and O–H groups in total. The number of anilines is 2. The van der Waals surface area contributed by atoms with E-state index in [9.17, 15) is 19.7 Å². The molecule has 0 radical (unpaired) electrons. The number of carbonyl (C=O) groups excluding carboxylic acids is 2. The lowest BCUT2D eigenvalue weighted by Gasteiger charge is -2.36. The van der Waals surface area contributed by atoms with Crippen LogP contribution in [0.25, 0.3) is 0 Å². The minimum Gasteiger partial charge on any atom is -0.368 e. The monoisotopic (exact) mass is 416 g/mol. The number of piperazine rings is 1. The van der Waals surface area contributed by atoms with Crippen LogP contribution in [0.1, 0.15) is 12.8 Å². The summed E-state index contributed by atoms with van der Waals surface area (Å²) in [6.07, 6.45) is 0.181. The highest BCUT2D eigenvalue weighted by atomic mass is 35.5. The molecule has 0 spiro atoms. The van der Waals surface area contributed by atoms with Gasteiger partial charge in [0.2, 0.25) is 11.8 Å². The third-order valence-electron chi connectivity index (χ3n) is 4.73. The van der Waals surface area contributed by atoms with Gasteiger partial charge in [-0.25, -0.2) is 0 Å². The quantitative estimate of drug-likeness (QED) is 0.575. The van der Waals surface area contributed by atoms with Gasteiger partial charge in [-0.3, -0.25) is 19.7 Å². The molecule has 1 fully saturated rings. The van der Waals surface area contributed by atoms with Crippen LogP contribution >= 0.6 is 11.6 Å². The number of carbonyl (C=O) groups is 2. The highest BCUT2D eigenvalue weighted by Crippen LogP contribution is 2.21. The number of nitro benzene ring substituents is 1. The SMILES string of the molecule is O=C(CCC(=O)N1CCN(c2cccc(Cl)c2)CC1)Nc1ccc([N+](=O)[O-])cc1. The summed E-state index contributed by atoms with van der Waals surface area (Å²) in [4.78, 5) is 38.5. The summed E-state index contributed by atoms with van der Waals surface area (Å²) in [7, 11) is 0. The molecule has 0 saturated carbocycles. The lowest BCUT2D eigenvalue weighted by Crippen LogP contribution is -2.48. The van der Waals surface area contributed by atoms with E-state index in [-0.39, 0.29) is 30.3 Å². The van der Waals surface area contributed by atoms with Crippen molar-refractivity contribution in [2.45, 2.75) is 12.8 Å². The fourth-order valence-corrected chi connectivity index (χ4v) is 3.34. The maximum atomic E-state index is 12.4. The zero-order chi connectivity index (χ0) is 20.8. The van der Waals surface area contributed by atoms with Gasteiger partial charge < -0.3 is 15.1 Å². The molecule has 8 nitrogen and oxygen atoms in total. The zero-order valence-corrected chi connectivity index (χ0v) is 16.5. The Hall–Kier alpha value is -3.13. The van der Waals surface area contributed by atoms with E-state index in [1.807, 2.05) is 24.3 Å². The van der Waals surface area contributed by atoms with E-state index in [0.29, 0.717) is 36.9 Å². The predicted octanol–water partition coefficient (Wildman–Crippen LogP) is 3.32. The second-order valence-electron chi connectivity index (χ2n) is 6.70. The van der Waals surface area contributed by atoms with Crippen LogP contribution in [0.3, 0.4) is 0 Å². The van der Waals surface area contributed by atoms with E-state index in [0.717, 1.165) is 5.69 Å². The van der Waals surface area contributed by atoms with E-state index >= 15 is 0 Å². The van der Waals surface area contributed by atoms with E-state index in [1.54, 1.807) is 4.90 Å². The maximum Gasteiger partial charge on any atom is 0.269 e. The van der Waals surface area contributed by atoms with E-state index in [4.69, 9.17) is 11.6 Å². The normalized spacial score (nSPS) is 13.8. The van der Waals surface area contributed by atoms with Gasteiger partial charge in [0.25, 0.3) is 5.69 Å². The molecule has 3 rings (SSSR count). The molecule has 2 aromatic rings. The van der Waals surface area contributed by atoms with Crippen LogP contribution in [0.4, 0.5) is 17.1 Å². The lowest BCUT2D eigenvalue weighted by atomic mass is 10.2. The Kier molecular flexibility index (Phi) is 6.66. The molecule has 29 heavy (non-hydrogen) atoms. The molecule has 1 saturated heterocycles. The largest absolute Gasteiger partial charge is 0.368 e. The number of amides is 2. The van der Waals surface area contributed by atoms with Gasteiger partial charge in [0, 0.05) is 67.6 Å². The Morgan fingerprint density at radius 1 is 1.03 bits per heavy atom. The van der Waals surface area contributed by atoms with Crippen molar-refractivity contribution in [3.63, 3.8) is 0 Å². The van der Waals surface area contributed by atoms with Crippen molar-refractivity contribution in [1.29, 1.82) is 0 Å². The number of nitro groups is 1. The van der Waals surface area contributed by atoms with Gasteiger partial charge in [0.1, 0.15) is 0 Å². The third-order valence-corrected chi connectivity index (χ3v) is 4.97. The van der Waals surface area contributed by atoms with E-state index in [2.05, 4.69) is 10.2 Å². The van der Waals surface area contributed by atoms with Crippen molar-refractivity contribution in [2.24, 2.45) is 0 Å². The van der Waals surface area contributed by atoms with Crippen LogP contribution in [0.15, 0.2) is 48.5 Å². The third kappa shape index (κ3) is 5.68. The van der Waals surface area contributed by atoms with Crippen molar-refractivity contribution in [2.75, 3.05) is 36.4 Å². The molecule has 0 atom stereocenters. The summed E-state index contributed by atoms with van der Waals surface area (Å²) in [5, 5.41) is 14.0. The Bertz CT molecular complexity index is 896. The van der Waals surface area contributed by atoms with Gasteiger partial charge in [-0.15, -0.1) is 0 Å². The average Bonchev–Trinajstić information content (AvgIpc) is 2.72. The number of benzene rings is 2.